The number of nitrogens with zero attached hydrogens (tertiary/aromatic N) is 2. The highest BCUT2D eigenvalue weighted by Crippen LogP contribution is 2.32. The molecule has 1 aliphatic rings. The van der Waals surface area contributed by atoms with Crippen molar-refractivity contribution in [3.8, 4) is 0 Å². The van der Waals surface area contributed by atoms with Crippen molar-refractivity contribution in [2.24, 2.45) is 0 Å². The van der Waals surface area contributed by atoms with Crippen LogP contribution in [-0.4, -0.2) is 24.8 Å². The number of hydrogen-bond donors (Lipinski definition) is 1. The fourth-order valence-electron chi connectivity index (χ4n) is 3.42. The van der Waals surface area contributed by atoms with Gasteiger partial charge in [0.2, 0.25) is 0 Å². The number of para-hydroxylation sites is 1. The first-order valence-electron chi connectivity index (χ1n) is 10.0. The maximum atomic E-state index is 13.0. The molecular weight excluding hydrogens is 461 g/mol. The summed E-state index contributed by atoms with van der Waals surface area (Å²) < 4.78 is 0. The molecule has 0 saturated heterocycles. The van der Waals surface area contributed by atoms with Crippen LogP contribution in [0.25, 0.3) is 0 Å². The third-order valence-corrected chi connectivity index (χ3v) is 5.91. The molecule has 166 valence electrons. The lowest BCUT2D eigenvalue weighted by Gasteiger charge is -2.19. The van der Waals surface area contributed by atoms with Gasteiger partial charge in [-0.1, -0.05) is 47.5 Å². The molecule has 1 N–H and O–H groups in total. The van der Waals surface area contributed by atoms with Gasteiger partial charge in [0.05, 0.1) is 5.69 Å². The second-order valence-corrected chi connectivity index (χ2v) is 8.28. The number of halogens is 2. The fraction of sp³-hybridized carbons (Fsp3) is 0.0800. The number of imide groups is 1. The Labute approximate surface area is 201 Å². The highest BCUT2D eigenvalue weighted by atomic mass is 35.5. The number of carbonyl (C=O) groups excluding carboxylic acids is 3. The van der Waals surface area contributed by atoms with Crippen molar-refractivity contribution >= 4 is 58.0 Å². The molecule has 0 aromatic heterocycles. The minimum atomic E-state index is -0.639. The lowest BCUT2D eigenvalue weighted by atomic mass is 10.1. The normalized spacial score (nSPS) is 13.5. The van der Waals surface area contributed by atoms with E-state index >= 15 is 0 Å². The summed E-state index contributed by atoms with van der Waals surface area (Å²) in [5.41, 5.74) is 2.73. The van der Waals surface area contributed by atoms with Crippen LogP contribution in [0.15, 0.2) is 83.5 Å². The molecule has 3 aromatic carbocycles. The molecular formula is C25H19Cl2N3O3. The van der Waals surface area contributed by atoms with E-state index in [2.05, 4.69) is 5.32 Å². The van der Waals surface area contributed by atoms with Gasteiger partial charge in [-0.05, 0) is 61.0 Å². The maximum Gasteiger partial charge on any atom is 0.283 e. The number of benzene rings is 3. The molecule has 33 heavy (non-hydrogen) atoms. The zero-order chi connectivity index (χ0) is 23.7. The molecule has 4 rings (SSSR count). The van der Waals surface area contributed by atoms with Gasteiger partial charge in [-0.2, -0.15) is 0 Å². The summed E-state index contributed by atoms with van der Waals surface area (Å²) in [7, 11) is 1.69. The van der Waals surface area contributed by atoms with Gasteiger partial charge in [-0.15, -0.1) is 0 Å². The highest BCUT2D eigenvalue weighted by molar-refractivity contribution is 6.53. The Morgan fingerprint density at radius 1 is 0.909 bits per heavy atom. The molecule has 1 aliphatic heterocycles. The molecule has 3 aromatic rings. The van der Waals surface area contributed by atoms with Crippen LogP contribution >= 0.6 is 23.2 Å². The van der Waals surface area contributed by atoms with Crippen LogP contribution in [0.5, 0.6) is 0 Å². The summed E-state index contributed by atoms with van der Waals surface area (Å²) in [6.45, 7) is 1.82. The molecule has 6 nitrogen and oxygen atoms in total. The van der Waals surface area contributed by atoms with Crippen LogP contribution < -0.4 is 15.1 Å². The van der Waals surface area contributed by atoms with Gasteiger partial charge in [-0.3, -0.25) is 14.4 Å². The number of rotatable bonds is 5. The van der Waals surface area contributed by atoms with Crippen molar-refractivity contribution in [1.29, 1.82) is 0 Å². The van der Waals surface area contributed by atoms with E-state index in [1.165, 1.54) is 4.90 Å². The minimum absolute atomic E-state index is 0.0549. The van der Waals surface area contributed by atoms with Crippen molar-refractivity contribution in [3.63, 3.8) is 0 Å². The summed E-state index contributed by atoms with van der Waals surface area (Å²) in [6, 6.07) is 20.7. The lowest BCUT2D eigenvalue weighted by Crippen LogP contribution is -2.32. The third kappa shape index (κ3) is 4.35. The minimum Gasteiger partial charge on any atom is -0.349 e. The van der Waals surface area contributed by atoms with Crippen molar-refractivity contribution in [2.75, 3.05) is 22.2 Å². The molecule has 0 spiro atoms. The Hall–Kier alpha value is -3.61. The molecule has 0 unspecified atom stereocenters. The average Bonchev–Trinajstić information content (AvgIpc) is 3.03. The van der Waals surface area contributed by atoms with Gasteiger partial charge < -0.3 is 10.2 Å². The van der Waals surface area contributed by atoms with Gasteiger partial charge in [-0.25, -0.2) is 4.90 Å². The van der Waals surface area contributed by atoms with Gasteiger partial charge in [0.25, 0.3) is 17.7 Å². The number of hydrogen-bond acceptors (Lipinski definition) is 4. The Kier molecular flexibility index (Phi) is 6.22. The van der Waals surface area contributed by atoms with E-state index in [1.807, 2.05) is 37.3 Å². The zero-order valence-corrected chi connectivity index (χ0v) is 19.3. The first-order chi connectivity index (χ1) is 15.8. The van der Waals surface area contributed by atoms with E-state index in [0.717, 1.165) is 16.2 Å². The van der Waals surface area contributed by atoms with Crippen molar-refractivity contribution < 1.29 is 14.4 Å². The SMILES string of the molecule is Cc1ccc(C(=O)N(C)c2ccccc2)cc1NC1=C(Cl)C(=O)N(c2ccc(Cl)cc2)C1=O. The molecule has 0 bridgehead atoms. The van der Waals surface area contributed by atoms with Crippen molar-refractivity contribution in [1.82, 2.24) is 0 Å². The number of nitrogens with one attached hydrogen (secondary N) is 1. The van der Waals surface area contributed by atoms with Crippen LogP contribution in [0.4, 0.5) is 17.1 Å². The second-order valence-electron chi connectivity index (χ2n) is 7.47. The van der Waals surface area contributed by atoms with Gasteiger partial charge in [0.1, 0.15) is 10.7 Å². The molecule has 0 saturated carbocycles. The Bertz CT molecular complexity index is 1290. The molecule has 1 heterocycles. The highest BCUT2D eigenvalue weighted by Gasteiger charge is 2.39. The average molecular weight is 480 g/mol. The summed E-state index contributed by atoms with van der Waals surface area (Å²) in [5, 5.41) is 3.21. The predicted molar refractivity (Wildman–Crippen MR) is 131 cm³/mol. The van der Waals surface area contributed by atoms with E-state index < -0.39 is 11.8 Å². The summed E-state index contributed by atoms with van der Waals surface area (Å²) >= 11 is 12.1. The quantitative estimate of drug-likeness (QED) is 0.500. The third-order valence-electron chi connectivity index (χ3n) is 5.30. The number of aryl methyl sites for hydroxylation is 1. The number of amides is 3. The number of carbonyl (C=O) groups is 3. The molecule has 0 atom stereocenters. The zero-order valence-electron chi connectivity index (χ0n) is 17.8. The summed E-state index contributed by atoms with van der Waals surface area (Å²) in [4.78, 5) is 41.2. The van der Waals surface area contributed by atoms with E-state index in [4.69, 9.17) is 23.2 Å². The van der Waals surface area contributed by atoms with Crippen molar-refractivity contribution in [3.05, 3.63) is 99.7 Å². The summed E-state index contributed by atoms with van der Waals surface area (Å²) in [5.74, 6) is -1.45. The first kappa shape index (κ1) is 22.6. The summed E-state index contributed by atoms with van der Waals surface area (Å²) in [6.07, 6.45) is 0. The smallest absolute Gasteiger partial charge is 0.283 e. The standard InChI is InChI=1S/C25H19Cl2N3O3/c1-15-8-9-16(23(31)29(2)18-6-4-3-5-7-18)14-20(15)28-22-21(27)24(32)30(25(22)33)19-12-10-17(26)11-13-19/h3-14,28H,1-2H3. The van der Waals surface area contributed by atoms with Gasteiger partial charge >= 0.3 is 0 Å². The molecule has 8 heteroatoms. The lowest BCUT2D eigenvalue weighted by molar-refractivity contribution is -0.120. The first-order valence-corrected chi connectivity index (χ1v) is 10.8. The van der Waals surface area contributed by atoms with E-state index in [-0.39, 0.29) is 16.6 Å². The maximum absolute atomic E-state index is 13.0. The molecule has 0 radical (unpaired) electrons. The van der Waals surface area contributed by atoms with Crippen molar-refractivity contribution in [2.45, 2.75) is 6.92 Å². The van der Waals surface area contributed by atoms with Crippen LogP contribution in [0.2, 0.25) is 5.02 Å². The number of anilines is 3. The largest absolute Gasteiger partial charge is 0.349 e. The van der Waals surface area contributed by atoms with Gasteiger partial charge in [0.15, 0.2) is 0 Å². The van der Waals surface area contributed by atoms with Gasteiger partial charge in [0, 0.05) is 29.0 Å². The Morgan fingerprint density at radius 2 is 1.58 bits per heavy atom. The van der Waals surface area contributed by atoms with E-state index in [0.29, 0.717) is 22.0 Å². The van der Waals surface area contributed by atoms with Crippen LogP contribution in [0, 0.1) is 6.92 Å². The topological polar surface area (TPSA) is 69.7 Å². The fourth-order valence-corrected chi connectivity index (χ4v) is 3.76. The monoisotopic (exact) mass is 479 g/mol. The molecule has 0 fully saturated rings. The Balaban J connectivity index is 1.61. The van der Waals surface area contributed by atoms with Crippen LogP contribution in [-0.2, 0) is 9.59 Å². The van der Waals surface area contributed by atoms with E-state index in [1.54, 1.807) is 49.5 Å². The second kappa shape index (κ2) is 9.10. The molecule has 3 amide bonds. The predicted octanol–water partition coefficient (Wildman–Crippen LogP) is 5.36. The van der Waals surface area contributed by atoms with E-state index in [9.17, 15) is 14.4 Å². The molecule has 0 aliphatic carbocycles. The Morgan fingerprint density at radius 3 is 2.24 bits per heavy atom. The van der Waals surface area contributed by atoms with Crippen LogP contribution in [0.1, 0.15) is 15.9 Å². The van der Waals surface area contributed by atoms with Crippen LogP contribution in [0.3, 0.4) is 0 Å².